The van der Waals surface area contributed by atoms with Crippen LogP contribution in [-0.2, 0) is 10.0 Å². The molecule has 0 spiro atoms. The summed E-state index contributed by atoms with van der Waals surface area (Å²) in [6, 6.07) is 4.59. The molecule has 1 aromatic carbocycles. The number of sulfonamides is 1. The lowest BCUT2D eigenvalue weighted by atomic mass is 10.1. The molecule has 1 aromatic rings. The summed E-state index contributed by atoms with van der Waals surface area (Å²) in [5, 5.41) is 0.412. The number of hydrogen-bond acceptors (Lipinski definition) is 3. The van der Waals surface area contributed by atoms with E-state index in [4.69, 9.17) is 11.6 Å². The van der Waals surface area contributed by atoms with E-state index >= 15 is 0 Å². The van der Waals surface area contributed by atoms with Gasteiger partial charge in [0.05, 0.1) is 12.2 Å². The normalized spacial score (nSPS) is 17.7. The van der Waals surface area contributed by atoms with Gasteiger partial charge in [-0.3, -0.25) is 9.10 Å². The molecule has 1 aliphatic rings. The van der Waals surface area contributed by atoms with Gasteiger partial charge in [-0.2, -0.15) is 0 Å². The molecular weight excluding hydrogens is 262 g/mol. The molecule has 90 valence electrons. The van der Waals surface area contributed by atoms with E-state index in [1.807, 2.05) is 0 Å². The summed E-state index contributed by atoms with van der Waals surface area (Å²) < 4.78 is 24.9. The lowest BCUT2D eigenvalue weighted by Crippen LogP contribution is -2.40. The number of carbonyl (C=O) groups excluding carboxylic acids is 1. The molecule has 0 amide bonds. The Labute approximate surface area is 105 Å². The number of ketones is 1. The Morgan fingerprint density at radius 1 is 1.47 bits per heavy atom. The summed E-state index contributed by atoms with van der Waals surface area (Å²) in [6.45, 7) is 3.66. The summed E-state index contributed by atoms with van der Waals surface area (Å²) in [5.41, 5.74) is 0.708. The van der Waals surface area contributed by atoms with Crippen molar-refractivity contribution in [1.29, 1.82) is 0 Å². The third-order valence-corrected chi connectivity index (χ3v) is 4.35. The zero-order chi connectivity index (χ0) is 12.6. The highest BCUT2D eigenvalue weighted by molar-refractivity contribution is 7.93. The summed E-state index contributed by atoms with van der Waals surface area (Å²) in [7, 11) is -3.59. The fraction of sp³-hybridized carbons (Fsp3) is 0.182. The molecule has 0 unspecified atom stereocenters. The monoisotopic (exact) mass is 271 g/mol. The molecule has 2 rings (SSSR count). The first-order chi connectivity index (χ1) is 7.95. The number of anilines is 1. The van der Waals surface area contributed by atoms with Crippen LogP contribution < -0.4 is 4.31 Å². The van der Waals surface area contributed by atoms with Gasteiger partial charge in [0, 0.05) is 10.6 Å². The molecule has 1 heterocycles. The molecular formula is C11H10ClNO3S. The first kappa shape index (κ1) is 12.1. The smallest absolute Gasteiger partial charge is 0.242 e. The van der Waals surface area contributed by atoms with E-state index in [0.29, 0.717) is 16.3 Å². The van der Waals surface area contributed by atoms with Crippen molar-refractivity contribution < 1.29 is 13.2 Å². The minimum Gasteiger partial charge on any atom is -0.293 e. The molecule has 0 radical (unpaired) electrons. The predicted octanol–water partition coefficient (Wildman–Crippen LogP) is 1.86. The minimum atomic E-state index is -3.59. The SMILES string of the molecule is C=CCN1c2ccc(Cl)cc2C(=O)CS1(=O)=O. The second-order valence-electron chi connectivity index (χ2n) is 3.66. The number of halogens is 1. The van der Waals surface area contributed by atoms with E-state index in [1.165, 1.54) is 22.5 Å². The first-order valence-electron chi connectivity index (χ1n) is 4.90. The van der Waals surface area contributed by atoms with Crippen molar-refractivity contribution in [2.24, 2.45) is 0 Å². The number of fused-ring (bicyclic) bond motifs is 1. The van der Waals surface area contributed by atoms with Crippen molar-refractivity contribution in [3.8, 4) is 0 Å². The Morgan fingerprint density at radius 3 is 2.82 bits per heavy atom. The van der Waals surface area contributed by atoms with Crippen LogP contribution in [0.25, 0.3) is 0 Å². The van der Waals surface area contributed by atoms with Crippen LogP contribution in [0.2, 0.25) is 5.02 Å². The molecule has 17 heavy (non-hydrogen) atoms. The van der Waals surface area contributed by atoms with E-state index in [0.717, 1.165) is 0 Å². The van der Waals surface area contributed by atoms with Crippen molar-refractivity contribution in [2.45, 2.75) is 0 Å². The summed E-state index contributed by atoms with van der Waals surface area (Å²) in [6.07, 6.45) is 1.48. The van der Waals surface area contributed by atoms with Gasteiger partial charge in [0.1, 0.15) is 5.75 Å². The van der Waals surface area contributed by atoms with E-state index in [2.05, 4.69) is 6.58 Å². The number of Topliss-reactive ketones (excluding diaryl/α,β-unsaturated/α-hetero) is 1. The third-order valence-electron chi connectivity index (χ3n) is 2.47. The Bertz CT molecular complexity index is 595. The Morgan fingerprint density at radius 2 is 2.18 bits per heavy atom. The second kappa shape index (κ2) is 4.16. The molecule has 0 fully saturated rings. The molecule has 0 saturated heterocycles. The second-order valence-corrected chi connectivity index (χ2v) is 5.99. The summed E-state index contributed by atoms with van der Waals surface area (Å²) in [4.78, 5) is 11.7. The average molecular weight is 272 g/mol. The van der Waals surface area contributed by atoms with Gasteiger partial charge in [-0.05, 0) is 18.2 Å². The largest absolute Gasteiger partial charge is 0.293 e. The molecule has 0 N–H and O–H groups in total. The topological polar surface area (TPSA) is 54.5 Å². The van der Waals surface area contributed by atoms with Crippen LogP contribution in [0.15, 0.2) is 30.9 Å². The lowest BCUT2D eigenvalue weighted by molar-refractivity contribution is 0.102. The zero-order valence-electron chi connectivity index (χ0n) is 8.89. The van der Waals surface area contributed by atoms with Crippen LogP contribution in [0, 0.1) is 0 Å². The van der Waals surface area contributed by atoms with E-state index in [1.54, 1.807) is 6.07 Å². The highest BCUT2D eigenvalue weighted by Crippen LogP contribution is 2.31. The first-order valence-corrected chi connectivity index (χ1v) is 6.88. The van der Waals surface area contributed by atoms with Crippen molar-refractivity contribution >= 4 is 33.1 Å². The maximum absolute atomic E-state index is 11.9. The number of hydrogen-bond donors (Lipinski definition) is 0. The highest BCUT2D eigenvalue weighted by atomic mass is 35.5. The number of nitrogens with zero attached hydrogens (tertiary/aromatic N) is 1. The van der Waals surface area contributed by atoms with Crippen LogP contribution in [0.5, 0.6) is 0 Å². The van der Waals surface area contributed by atoms with Crippen LogP contribution in [-0.4, -0.2) is 26.5 Å². The maximum atomic E-state index is 11.9. The standard InChI is InChI=1S/C11H10ClNO3S/c1-2-5-13-10-4-3-8(12)6-9(10)11(14)7-17(13,15)16/h2-4,6H,1,5,7H2. The third kappa shape index (κ3) is 2.08. The fourth-order valence-electron chi connectivity index (χ4n) is 1.75. The molecule has 0 saturated carbocycles. The van der Waals surface area contributed by atoms with Crippen molar-refractivity contribution in [2.75, 3.05) is 16.6 Å². The minimum absolute atomic E-state index is 0.143. The van der Waals surface area contributed by atoms with E-state index < -0.39 is 21.6 Å². The van der Waals surface area contributed by atoms with Gasteiger partial charge in [0.15, 0.2) is 5.78 Å². The van der Waals surface area contributed by atoms with Gasteiger partial charge >= 0.3 is 0 Å². The van der Waals surface area contributed by atoms with E-state index in [9.17, 15) is 13.2 Å². The number of rotatable bonds is 2. The molecule has 0 bridgehead atoms. The Hall–Kier alpha value is -1.33. The van der Waals surface area contributed by atoms with Crippen LogP contribution >= 0.6 is 11.6 Å². The molecule has 0 aliphatic carbocycles. The molecule has 0 aromatic heterocycles. The molecule has 4 nitrogen and oxygen atoms in total. The van der Waals surface area contributed by atoms with Crippen LogP contribution in [0.4, 0.5) is 5.69 Å². The van der Waals surface area contributed by atoms with Crippen LogP contribution in [0.3, 0.4) is 0 Å². The summed E-state index contributed by atoms with van der Waals surface area (Å²) >= 11 is 5.80. The van der Waals surface area contributed by atoms with Gasteiger partial charge in [0.25, 0.3) is 0 Å². The lowest BCUT2D eigenvalue weighted by Gasteiger charge is -2.28. The predicted molar refractivity (Wildman–Crippen MR) is 67.1 cm³/mol. The van der Waals surface area contributed by atoms with Gasteiger partial charge in [0.2, 0.25) is 10.0 Å². The van der Waals surface area contributed by atoms with Gasteiger partial charge in [-0.1, -0.05) is 17.7 Å². The zero-order valence-corrected chi connectivity index (χ0v) is 10.5. The fourth-order valence-corrected chi connectivity index (χ4v) is 3.36. The van der Waals surface area contributed by atoms with Crippen molar-refractivity contribution in [3.05, 3.63) is 41.4 Å². The molecule has 6 heteroatoms. The van der Waals surface area contributed by atoms with Crippen LogP contribution in [0.1, 0.15) is 10.4 Å². The summed E-state index contributed by atoms with van der Waals surface area (Å²) in [5.74, 6) is -0.948. The Kier molecular flexibility index (Phi) is 2.97. The molecule has 0 atom stereocenters. The maximum Gasteiger partial charge on any atom is 0.242 e. The number of benzene rings is 1. The van der Waals surface area contributed by atoms with Crippen molar-refractivity contribution in [1.82, 2.24) is 0 Å². The average Bonchev–Trinajstić information content (AvgIpc) is 2.24. The quantitative estimate of drug-likeness (QED) is 0.772. The highest BCUT2D eigenvalue weighted by Gasteiger charge is 2.34. The van der Waals surface area contributed by atoms with E-state index in [-0.39, 0.29) is 6.54 Å². The van der Waals surface area contributed by atoms with Gasteiger partial charge in [-0.15, -0.1) is 6.58 Å². The molecule has 1 aliphatic heterocycles. The van der Waals surface area contributed by atoms with Gasteiger partial charge < -0.3 is 0 Å². The van der Waals surface area contributed by atoms with Gasteiger partial charge in [-0.25, -0.2) is 8.42 Å². The van der Waals surface area contributed by atoms with Crippen molar-refractivity contribution in [3.63, 3.8) is 0 Å². The Balaban J connectivity index is 2.65. The number of carbonyl (C=O) groups is 1.